The second-order valence-electron chi connectivity index (χ2n) is 16.8. The normalized spacial score (nSPS) is 22.8. The molecule has 8 aromatic rings. The number of rotatable bonds is 8. The second-order valence-corrected chi connectivity index (χ2v) is 16.8. The Morgan fingerprint density at radius 1 is 0.577 bits per heavy atom. The van der Waals surface area contributed by atoms with E-state index in [0.29, 0.717) is 28.0 Å². The molecule has 0 bridgehead atoms. The molecule has 0 amide bonds. The van der Waals surface area contributed by atoms with Gasteiger partial charge in [-0.25, -0.2) is 0 Å². The van der Waals surface area contributed by atoms with Crippen LogP contribution in [0.2, 0.25) is 0 Å². The Morgan fingerprint density at radius 2 is 1.25 bits per heavy atom. The van der Waals surface area contributed by atoms with E-state index < -0.39 is 55.6 Å². The van der Waals surface area contributed by atoms with Gasteiger partial charge in [-0.15, -0.1) is 12.0 Å². The molecule has 0 spiro atoms. The number of benzene rings is 7. The molecule has 12 rings (SSSR count). The third-order valence-electron chi connectivity index (χ3n) is 12.6. The van der Waals surface area contributed by atoms with Gasteiger partial charge in [-0.3, -0.25) is 0 Å². The monoisotopic (exact) mass is 929 g/mol. The second kappa shape index (κ2) is 19.2. The van der Waals surface area contributed by atoms with Gasteiger partial charge >= 0.3 is 0 Å². The fraction of sp³-hybridized carbons (Fsp3) is 0.0492. The van der Waals surface area contributed by atoms with Crippen LogP contribution in [0.3, 0.4) is 0 Å². The Kier molecular flexibility index (Phi) is 8.62. The van der Waals surface area contributed by atoms with Crippen molar-refractivity contribution >= 4 is 81.4 Å². The van der Waals surface area contributed by atoms with Gasteiger partial charge < -0.3 is 40.0 Å². The maximum Gasteiger partial charge on any atom is 0.183 e. The fourth-order valence-electron chi connectivity index (χ4n) is 9.43. The molecule has 5 heterocycles. The summed E-state index contributed by atoms with van der Waals surface area (Å²) in [5.74, 6) is 4.39. The molecule has 8 nitrogen and oxygen atoms in total. The van der Waals surface area contributed by atoms with Gasteiger partial charge in [-0.2, -0.15) is 0 Å². The lowest BCUT2D eigenvalue weighted by molar-refractivity contribution is 0.483. The first kappa shape index (κ1) is 31.9. The lowest BCUT2D eigenvalue weighted by Crippen LogP contribution is -2.29. The molecule has 340 valence electrons. The topological polar surface area (TPSA) is 60.0 Å². The first-order chi connectivity index (χ1) is 40.1. The highest BCUT2D eigenvalue weighted by Gasteiger charge is 2.33. The molecule has 0 fully saturated rings. The molecule has 2 radical (unpaired) electrons. The third kappa shape index (κ3) is 8.40. The quantitative estimate of drug-likeness (QED) is 0.131. The van der Waals surface area contributed by atoms with E-state index in [1.807, 2.05) is 116 Å². The van der Waals surface area contributed by atoms with Gasteiger partial charge in [0.15, 0.2) is 20.8 Å². The van der Waals surface area contributed by atoms with Crippen molar-refractivity contribution in [2.75, 3.05) is 33.7 Å². The van der Waals surface area contributed by atoms with Crippen molar-refractivity contribution in [2.24, 2.45) is 0 Å². The van der Waals surface area contributed by atoms with E-state index in [0.717, 1.165) is 39.1 Å². The van der Waals surface area contributed by atoms with Crippen molar-refractivity contribution in [3.63, 3.8) is 0 Å². The number of para-hydroxylation sites is 6. The number of allylic oxidation sites excluding steroid dienone is 8. The Balaban J connectivity index is 1.04. The number of aromatic nitrogens is 1. The number of hydrogen-bond donors (Lipinski definition) is 3. The molecule has 7 aromatic carbocycles. The Bertz CT molecular complexity index is 4140. The van der Waals surface area contributed by atoms with Crippen molar-refractivity contribution in [1.82, 2.24) is 15.2 Å². The van der Waals surface area contributed by atoms with Crippen LogP contribution >= 0.6 is 0 Å². The minimum absolute atomic E-state index is 0.0527. The summed E-state index contributed by atoms with van der Waals surface area (Å²) in [5.41, 5.74) is 8.25. The Hall–Kier alpha value is -9.01. The van der Waals surface area contributed by atoms with Gasteiger partial charge in [0.25, 0.3) is 0 Å². The van der Waals surface area contributed by atoms with Crippen molar-refractivity contribution in [3.05, 3.63) is 254 Å². The minimum atomic E-state index is -2.72. The highest BCUT2D eigenvalue weighted by Crippen LogP contribution is 2.50. The lowest BCUT2D eigenvalue weighted by atomic mass is 9.63. The first-order valence-corrected chi connectivity index (χ1v) is 23.1. The largest absolute Gasteiger partial charge is 0.457 e. The van der Waals surface area contributed by atoms with Crippen molar-refractivity contribution in [3.8, 4) is 22.6 Å². The van der Waals surface area contributed by atoms with E-state index in [9.17, 15) is 4.11 Å². The first-order valence-electron chi connectivity index (χ1n) is 29.1. The molecule has 4 aliphatic rings. The molecule has 10 heteroatoms. The molecule has 1 unspecified atom stereocenters. The number of nitrogens with one attached hydrogen (secondary N) is 3. The van der Waals surface area contributed by atoms with E-state index in [1.54, 1.807) is 65.2 Å². The van der Waals surface area contributed by atoms with Gasteiger partial charge in [0.2, 0.25) is 0 Å². The summed E-state index contributed by atoms with van der Waals surface area (Å²) in [7, 11) is 4.13. The molecule has 3 N–H and O–H groups in total. The standard InChI is InChI=1S/C61H49B2N7O/c1-67-56-27-8-6-25-54(56)66-61(67)70-55-26-7-5-20-48(55)49-31-30-46(41-59(49)70)71-47-39-44(43-18-3-2-4-19-43)38-45(40-47)68-42-69(58-29-10-9-28-57(58)68)60-50(52-23-16-36-64-34-13-11-32-62-52)21-15-22-51(60)53-24-17-37-65-35-14-12-33-63-53/h2-41,61,64-66H,42H2,1H3/b32-11-,33-12-,34-13-,35-14-,36-16-,37-17-,52-23-,53-24-/i1D3,2D,3D,4D,5D,7D,18D,19D,20D,26D. The maximum atomic E-state index is 9.24. The van der Waals surface area contributed by atoms with Gasteiger partial charge in [0, 0.05) is 64.5 Å². The predicted molar refractivity (Wildman–Crippen MR) is 300 cm³/mol. The SMILES string of the molecule is [2H]c1c([2H])c([2H])c(-c2cc(Oc3ccc4c5c([2H])c([2H])c([2H])c([2H])c5n(C5Nc6ccccc6N5C([2H])([2H])[2H])c4c3)cc(N3CN(c4c(/C5=C/C=C\N/C=C\C=C/[B]5)cccc4/C4=C/C=C\N/C=C\C=C/[B]4)c4ccccc43)c2)c([2H])c1[2H]. The highest BCUT2D eigenvalue weighted by atomic mass is 16.5. The van der Waals surface area contributed by atoms with E-state index in [-0.39, 0.29) is 52.3 Å². The molecule has 71 heavy (non-hydrogen) atoms. The van der Waals surface area contributed by atoms with Crippen LogP contribution in [0.5, 0.6) is 11.5 Å². The molecule has 4 aliphatic heterocycles. The van der Waals surface area contributed by atoms with E-state index >= 15 is 0 Å². The average molecular weight is 930 g/mol. The minimum Gasteiger partial charge on any atom is -0.457 e. The number of ether oxygens (including phenoxy) is 1. The summed E-state index contributed by atoms with van der Waals surface area (Å²) in [4.78, 5) is 5.53. The number of fused-ring (bicyclic) bond motifs is 5. The van der Waals surface area contributed by atoms with Crippen LogP contribution in [0, 0.1) is 0 Å². The molecule has 0 aliphatic carbocycles. The Labute approximate surface area is 433 Å². The summed E-state index contributed by atoms with van der Waals surface area (Å²) in [5, 5.41) is 10.3. The summed E-state index contributed by atoms with van der Waals surface area (Å²) in [6, 6.07) is 27.3. The van der Waals surface area contributed by atoms with Gasteiger partial charge in [0.05, 0.1) is 51.8 Å². The van der Waals surface area contributed by atoms with E-state index in [1.165, 1.54) is 4.90 Å². The predicted octanol–water partition coefficient (Wildman–Crippen LogP) is 13.9. The lowest BCUT2D eigenvalue weighted by Gasteiger charge is -2.28. The maximum absolute atomic E-state index is 9.24. The van der Waals surface area contributed by atoms with E-state index in [2.05, 4.69) is 52.4 Å². The summed E-state index contributed by atoms with van der Waals surface area (Å²) < 4.78 is 115. The van der Waals surface area contributed by atoms with Crippen LogP contribution in [-0.4, -0.2) is 32.8 Å². The third-order valence-corrected chi connectivity index (χ3v) is 12.6. The van der Waals surface area contributed by atoms with Gasteiger partial charge in [-0.1, -0.05) is 126 Å². The zero-order valence-electron chi connectivity index (χ0n) is 50.0. The summed E-state index contributed by atoms with van der Waals surface area (Å²) in [6.07, 6.45) is 21.9. The van der Waals surface area contributed by atoms with Crippen LogP contribution in [-0.2, 0) is 0 Å². The van der Waals surface area contributed by atoms with Crippen LogP contribution in [0.15, 0.2) is 243 Å². The molecule has 0 saturated heterocycles. The van der Waals surface area contributed by atoms with Gasteiger partial charge in [0.1, 0.15) is 18.2 Å². The number of nitrogens with zero attached hydrogens (tertiary/aromatic N) is 4. The summed E-state index contributed by atoms with van der Waals surface area (Å²) >= 11 is 0. The number of hydrogen-bond acceptors (Lipinski definition) is 7. The zero-order chi connectivity index (χ0) is 57.8. The van der Waals surface area contributed by atoms with Gasteiger partial charge in [-0.05, 0) is 101 Å². The van der Waals surface area contributed by atoms with Crippen LogP contribution < -0.4 is 35.4 Å². The number of anilines is 6. The summed E-state index contributed by atoms with van der Waals surface area (Å²) in [6.45, 7) is -2.50. The van der Waals surface area contributed by atoms with Crippen LogP contribution in [0.4, 0.5) is 34.1 Å². The highest BCUT2D eigenvalue weighted by molar-refractivity contribution is 6.67. The molecule has 1 atom stereocenters. The molecule has 0 saturated carbocycles. The van der Waals surface area contributed by atoms with Crippen LogP contribution in [0.25, 0.3) is 43.9 Å². The molecule has 1 aromatic heterocycles. The van der Waals surface area contributed by atoms with Crippen molar-refractivity contribution in [2.45, 2.75) is 6.29 Å². The fourth-order valence-corrected chi connectivity index (χ4v) is 9.43. The van der Waals surface area contributed by atoms with Crippen molar-refractivity contribution in [1.29, 1.82) is 0 Å². The van der Waals surface area contributed by atoms with Crippen LogP contribution in [0.1, 0.15) is 33.9 Å². The van der Waals surface area contributed by atoms with Crippen molar-refractivity contribution < 1.29 is 21.2 Å². The zero-order valence-corrected chi connectivity index (χ0v) is 38.0. The average Bonchev–Trinajstić information content (AvgIpc) is 2.02. The molecular weight excluding hydrogens is 868 g/mol. The smallest absolute Gasteiger partial charge is 0.183 e. The Morgan fingerprint density at radius 3 is 2.00 bits per heavy atom. The molecular formula is C61H49B2N7O. The van der Waals surface area contributed by atoms with E-state index in [4.69, 9.17) is 17.1 Å².